The fourth-order valence-electron chi connectivity index (χ4n) is 3.93. The van der Waals surface area contributed by atoms with Gasteiger partial charge in [0, 0.05) is 44.0 Å². The fourth-order valence-corrected chi connectivity index (χ4v) is 3.93. The van der Waals surface area contributed by atoms with Crippen molar-refractivity contribution in [2.45, 2.75) is 38.8 Å². The smallest absolute Gasteiger partial charge is 0.159 e. The van der Waals surface area contributed by atoms with E-state index in [-0.39, 0.29) is 5.78 Å². The van der Waals surface area contributed by atoms with Crippen LogP contribution in [0.3, 0.4) is 0 Å². The summed E-state index contributed by atoms with van der Waals surface area (Å²) in [6.07, 6.45) is 7.80. The molecule has 1 aromatic carbocycles. The maximum atomic E-state index is 11.4. The van der Waals surface area contributed by atoms with E-state index in [1.54, 1.807) is 19.4 Å². The fraction of sp³-hybridized carbons (Fsp3) is 0.429. The zero-order chi connectivity index (χ0) is 19.5. The molecule has 0 aliphatic carbocycles. The van der Waals surface area contributed by atoms with Crippen molar-refractivity contribution in [3.63, 3.8) is 0 Å². The monoisotopic (exact) mass is 378 g/mol. The number of hydrogen-bond donors (Lipinski definition) is 0. The molecule has 1 fully saturated rings. The molecule has 0 spiro atoms. The van der Waals surface area contributed by atoms with Crippen LogP contribution in [0, 0.1) is 0 Å². The van der Waals surface area contributed by atoms with Gasteiger partial charge in [0.25, 0.3) is 0 Å². The van der Waals surface area contributed by atoms with E-state index < -0.39 is 0 Å². The van der Waals surface area contributed by atoms with Crippen molar-refractivity contribution in [1.29, 1.82) is 0 Å². The Hall–Kier alpha value is -2.80. The third-order valence-electron chi connectivity index (χ3n) is 5.52. The molecule has 146 valence electrons. The van der Waals surface area contributed by atoms with Crippen LogP contribution in [-0.4, -0.2) is 48.1 Å². The minimum absolute atomic E-state index is 0.110. The minimum Gasteiger partial charge on any atom is -0.330 e. The molecule has 3 heterocycles. The predicted octanol–water partition coefficient (Wildman–Crippen LogP) is 2.64. The number of carbonyl (C=O) groups excluding carboxylic acids is 1. The van der Waals surface area contributed by atoms with Gasteiger partial charge in [0.05, 0.1) is 12.9 Å². The van der Waals surface area contributed by atoms with E-state index in [0.29, 0.717) is 12.5 Å². The molecule has 1 saturated heterocycles. The Labute approximate surface area is 165 Å². The normalized spacial score (nSPS) is 17.7. The second-order valence-electron chi connectivity index (χ2n) is 7.60. The quantitative estimate of drug-likeness (QED) is 0.617. The molecule has 1 aliphatic rings. The van der Waals surface area contributed by atoms with Crippen LogP contribution in [0.1, 0.15) is 53.3 Å². The highest BCUT2D eigenvalue weighted by Gasteiger charge is 2.26. The van der Waals surface area contributed by atoms with Crippen molar-refractivity contribution in [3.05, 3.63) is 65.8 Å². The van der Waals surface area contributed by atoms with Crippen LogP contribution in [0.5, 0.6) is 0 Å². The lowest BCUT2D eigenvalue weighted by atomic mass is 9.96. The second-order valence-corrected chi connectivity index (χ2v) is 7.60. The van der Waals surface area contributed by atoms with E-state index in [1.807, 2.05) is 22.9 Å². The first-order valence-electron chi connectivity index (χ1n) is 9.76. The number of rotatable bonds is 6. The first-order chi connectivity index (χ1) is 13.6. The van der Waals surface area contributed by atoms with Crippen molar-refractivity contribution < 1.29 is 4.79 Å². The van der Waals surface area contributed by atoms with Crippen LogP contribution < -0.4 is 0 Å². The van der Waals surface area contributed by atoms with Crippen LogP contribution in [0.2, 0.25) is 0 Å². The van der Waals surface area contributed by atoms with E-state index in [4.69, 9.17) is 0 Å². The van der Waals surface area contributed by atoms with Gasteiger partial charge in [-0.05, 0) is 31.9 Å². The Morgan fingerprint density at radius 1 is 1.18 bits per heavy atom. The summed E-state index contributed by atoms with van der Waals surface area (Å²) in [6.45, 7) is 5.25. The summed E-state index contributed by atoms with van der Waals surface area (Å²) < 4.78 is 4.14. The lowest BCUT2D eigenvalue weighted by Gasteiger charge is -2.32. The third kappa shape index (κ3) is 4.04. The van der Waals surface area contributed by atoms with Crippen molar-refractivity contribution in [2.24, 2.45) is 7.05 Å². The van der Waals surface area contributed by atoms with E-state index in [2.05, 4.69) is 43.8 Å². The number of benzene rings is 1. The molecule has 0 N–H and O–H groups in total. The largest absolute Gasteiger partial charge is 0.330 e. The zero-order valence-electron chi connectivity index (χ0n) is 16.5. The Bertz CT molecular complexity index is 928. The summed E-state index contributed by atoms with van der Waals surface area (Å²) in [5.41, 5.74) is 2.01. The van der Waals surface area contributed by atoms with Crippen LogP contribution >= 0.6 is 0 Å². The molecule has 28 heavy (non-hydrogen) atoms. The zero-order valence-corrected chi connectivity index (χ0v) is 16.5. The van der Waals surface area contributed by atoms with Gasteiger partial charge in [-0.3, -0.25) is 9.69 Å². The van der Waals surface area contributed by atoms with Crippen molar-refractivity contribution in [1.82, 2.24) is 29.2 Å². The van der Waals surface area contributed by atoms with Crippen LogP contribution in [0.15, 0.2) is 43.0 Å². The molecule has 1 atom stereocenters. The summed E-state index contributed by atoms with van der Waals surface area (Å²) in [5.74, 6) is 2.51. The van der Waals surface area contributed by atoms with Gasteiger partial charge in [-0.15, -0.1) is 10.2 Å². The van der Waals surface area contributed by atoms with E-state index in [0.717, 1.165) is 49.7 Å². The van der Waals surface area contributed by atoms with Crippen molar-refractivity contribution in [3.8, 4) is 0 Å². The molecular formula is C21H26N6O. The summed E-state index contributed by atoms with van der Waals surface area (Å²) in [4.78, 5) is 18.0. The number of hydrogen-bond acceptors (Lipinski definition) is 5. The van der Waals surface area contributed by atoms with Crippen molar-refractivity contribution >= 4 is 5.78 Å². The Morgan fingerprint density at radius 3 is 2.71 bits per heavy atom. The summed E-state index contributed by atoms with van der Waals surface area (Å²) >= 11 is 0. The lowest BCUT2D eigenvalue weighted by Crippen LogP contribution is -2.34. The average molecular weight is 378 g/mol. The van der Waals surface area contributed by atoms with E-state index >= 15 is 0 Å². The highest BCUT2D eigenvalue weighted by molar-refractivity contribution is 5.93. The Morgan fingerprint density at radius 2 is 2.00 bits per heavy atom. The van der Waals surface area contributed by atoms with Crippen molar-refractivity contribution in [2.75, 3.05) is 13.1 Å². The SMILES string of the molecule is CC(=O)c1ccc(CN2CCC[C@H](c3nnc(Cn4ccnc4)n3C)C2)cc1. The Kier molecular flexibility index (Phi) is 5.34. The molecule has 1 aliphatic heterocycles. The van der Waals surface area contributed by atoms with Gasteiger partial charge in [0.15, 0.2) is 11.6 Å². The lowest BCUT2D eigenvalue weighted by molar-refractivity contribution is 0.101. The average Bonchev–Trinajstić information content (AvgIpc) is 3.33. The number of imidazole rings is 1. The standard InChI is InChI=1S/C21H26N6O/c1-16(28)18-7-5-17(6-8-18)12-26-10-3-4-19(13-26)21-24-23-20(25(21)2)14-27-11-9-22-15-27/h5-9,11,15,19H,3-4,10,12-14H2,1-2H3/t19-/m0/s1. The van der Waals surface area contributed by atoms with Gasteiger partial charge in [0.2, 0.25) is 0 Å². The van der Waals surface area contributed by atoms with Gasteiger partial charge in [-0.1, -0.05) is 24.3 Å². The predicted molar refractivity (Wildman–Crippen MR) is 106 cm³/mol. The topological polar surface area (TPSA) is 68.8 Å². The van der Waals surface area contributed by atoms with E-state index in [9.17, 15) is 4.79 Å². The summed E-state index contributed by atoms with van der Waals surface area (Å²) in [7, 11) is 2.06. The molecule has 0 radical (unpaired) electrons. The number of aromatic nitrogens is 5. The highest BCUT2D eigenvalue weighted by Crippen LogP contribution is 2.27. The van der Waals surface area contributed by atoms with Crippen LogP contribution in [0.25, 0.3) is 0 Å². The molecule has 2 aromatic heterocycles. The number of carbonyl (C=O) groups is 1. The van der Waals surface area contributed by atoms with Crippen LogP contribution in [0.4, 0.5) is 0 Å². The summed E-state index contributed by atoms with van der Waals surface area (Å²) in [6, 6.07) is 7.96. The second kappa shape index (κ2) is 8.06. The molecular weight excluding hydrogens is 352 g/mol. The molecule has 7 nitrogen and oxygen atoms in total. The number of nitrogens with zero attached hydrogens (tertiary/aromatic N) is 6. The maximum absolute atomic E-state index is 11.4. The first-order valence-corrected chi connectivity index (χ1v) is 9.76. The molecule has 0 saturated carbocycles. The molecule has 0 bridgehead atoms. The van der Waals surface area contributed by atoms with Gasteiger partial charge in [0.1, 0.15) is 5.82 Å². The maximum Gasteiger partial charge on any atom is 0.159 e. The molecule has 0 amide bonds. The van der Waals surface area contributed by atoms with Crippen LogP contribution in [-0.2, 0) is 20.1 Å². The molecule has 7 heteroatoms. The molecule has 4 rings (SSSR count). The minimum atomic E-state index is 0.110. The summed E-state index contributed by atoms with van der Waals surface area (Å²) in [5, 5.41) is 8.92. The van der Waals surface area contributed by atoms with Gasteiger partial charge in [-0.25, -0.2) is 4.98 Å². The van der Waals surface area contributed by atoms with E-state index in [1.165, 1.54) is 5.56 Å². The Balaban J connectivity index is 1.42. The highest BCUT2D eigenvalue weighted by atomic mass is 16.1. The third-order valence-corrected chi connectivity index (χ3v) is 5.52. The molecule has 0 unspecified atom stereocenters. The number of piperidine rings is 1. The van der Waals surface area contributed by atoms with Gasteiger partial charge >= 0.3 is 0 Å². The number of Topliss-reactive ketones (excluding diaryl/α,β-unsaturated/α-hetero) is 1. The molecule has 3 aromatic rings. The van der Waals surface area contributed by atoms with Gasteiger partial charge in [-0.2, -0.15) is 0 Å². The first kappa shape index (κ1) is 18.6. The van der Waals surface area contributed by atoms with Gasteiger partial charge < -0.3 is 9.13 Å². The number of likely N-dealkylation sites (tertiary alicyclic amines) is 1. The number of ketones is 1.